The van der Waals surface area contributed by atoms with E-state index in [0.717, 1.165) is 42.4 Å². The molecule has 1 heterocycles. The lowest BCUT2D eigenvalue weighted by atomic mass is 10.1. The molecule has 0 atom stereocenters. The van der Waals surface area contributed by atoms with Gasteiger partial charge in [0.1, 0.15) is 18.1 Å². The van der Waals surface area contributed by atoms with Gasteiger partial charge in [-0.15, -0.1) is 0 Å². The number of allylic oxidation sites excluding steroid dienone is 1. The highest BCUT2D eigenvalue weighted by molar-refractivity contribution is 9.10. The quantitative estimate of drug-likeness (QED) is 0.632. The molecule has 1 fully saturated rings. The van der Waals surface area contributed by atoms with E-state index in [-0.39, 0.29) is 6.10 Å². The Morgan fingerprint density at radius 3 is 2.78 bits per heavy atom. The minimum Gasteiger partial charge on any atom is -0.490 e. The first-order valence-electron chi connectivity index (χ1n) is 6.06. The fraction of sp³-hybridized carbons (Fsp3) is 0.357. The monoisotopic (exact) mass is 309 g/mol. The van der Waals surface area contributed by atoms with Crippen molar-refractivity contribution in [2.75, 3.05) is 13.1 Å². The maximum absolute atomic E-state index is 10.2. The molecule has 2 rings (SSSR count). The van der Waals surface area contributed by atoms with Gasteiger partial charge < -0.3 is 9.64 Å². The number of aldehydes is 1. The molecule has 1 aliphatic rings. The molecular formula is C14H16BrNO2. The lowest BCUT2D eigenvalue weighted by molar-refractivity contribution is -0.104. The van der Waals surface area contributed by atoms with Crippen LogP contribution in [0.2, 0.25) is 0 Å². The SMILES string of the molecule is O=CC=CN1CCC(Oc2cccc(Br)c2)CC1. The maximum Gasteiger partial charge on any atom is 0.144 e. The summed E-state index contributed by atoms with van der Waals surface area (Å²) in [6.45, 7) is 1.87. The number of hydrogen-bond acceptors (Lipinski definition) is 3. The van der Waals surface area contributed by atoms with Gasteiger partial charge in [-0.3, -0.25) is 4.79 Å². The van der Waals surface area contributed by atoms with Gasteiger partial charge in [-0.25, -0.2) is 0 Å². The van der Waals surface area contributed by atoms with Crippen LogP contribution < -0.4 is 4.74 Å². The molecule has 3 nitrogen and oxygen atoms in total. The molecule has 0 amide bonds. The molecule has 0 spiro atoms. The highest BCUT2D eigenvalue weighted by Gasteiger charge is 2.18. The zero-order valence-electron chi connectivity index (χ0n) is 10.1. The minimum atomic E-state index is 0.264. The number of carbonyl (C=O) groups excluding carboxylic acids is 1. The molecule has 0 N–H and O–H groups in total. The third-order valence-electron chi connectivity index (χ3n) is 2.95. The molecule has 96 valence electrons. The summed E-state index contributed by atoms with van der Waals surface area (Å²) in [6.07, 6.45) is 6.42. The number of rotatable bonds is 4. The molecule has 0 bridgehead atoms. The zero-order valence-corrected chi connectivity index (χ0v) is 11.7. The van der Waals surface area contributed by atoms with E-state index in [2.05, 4.69) is 20.8 Å². The number of halogens is 1. The van der Waals surface area contributed by atoms with Gasteiger partial charge in [0.15, 0.2) is 0 Å². The van der Waals surface area contributed by atoms with Crippen molar-refractivity contribution in [3.05, 3.63) is 41.0 Å². The van der Waals surface area contributed by atoms with E-state index in [9.17, 15) is 4.79 Å². The topological polar surface area (TPSA) is 29.5 Å². The molecule has 1 saturated heterocycles. The summed E-state index contributed by atoms with van der Waals surface area (Å²) in [7, 11) is 0. The van der Waals surface area contributed by atoms with E-state index in [4.69, 9.17) is 4.74 Å². The number of carbonyl (C=O) groups is 1. The summed E-state index contributed by atoms with van der Waals surface area (Å²) in [5, 5.41) is 0. The molecule has 0 aliphatic carbocycles. The summed E-state index contributed by atoms with van der Waals surface area (Å²) in [5.41, 5.74) is 0. The van der Waals surface area contributed by atoms with Crippen molar-refractivity contribution >= 4 is 22.2 Å². The molecule has 18 heavy (non-hydrogen) atoms. The number of hydrogen-bond donors (Lipinski definition) is 0. The van der Waals surface area contributed by atoms with Gasteiger partial charge >= 0.3 is 0 Å². The van der Waals surface area contributed by atoms with Crippen LogP contribution in [0.4, 0.5) is 0 Å². The van der Waals surface area contributed by atoms with Crippen molar-refractivity contribution < 1.29 is 9.53 Å². The molecule has 1 aromatic rings. The standard InChI is InChI=1S/C14H16BrNO2/c15-12-3-1-4-14(11-12)18-13-5-8-16(9-6-13)7-2-10-17/h1-4,7,10-11,13H,5-6,8-9H2. The molecular weight excluding hydrogens is 294 g/mol. The van der Waals surface area contributed by atoms with Crippen molar-refractivity contribution in [2.45, 2.75) is 18.9 Å². The van der Waals surface area contributed by atoms with Crippen LogP contribution in [0.5, 0.6) is 5.75 Å². The number of nitrogens with zero attached hydrogens (tertiary/aromatic N) is 1. The van der Waals surface area contributed by atoms with Crippen LogP contribution in [0, 0.1) is 0 Å². The van der Waals surface area contributed by atoms with Crippen LogP contribution in [-0.2, 0) is 4.79 Å². The Balaban J connectivity index is 1.83. The van der Waals surface area contributed by atoms with Gasteiger partial charge in [-0.1, -0.05) is 22.0 Å². The largest absolute Gasteiger partial charge is 0.490 e. The van der Waals surface area contributed by atoms with Gasteiger partial charge in [0, 0.05) is 36.6 Å². The van der Waals surface area contributed by atoms with E-state index < -0.39 is 0 Å². The lowest BCUT2D eigenvalue weighted by Gasteiger charge is -2.31. The molecule has 0 unspecified atom stereocenters. The molecule has 1 aromatic carbocycles. The molecule has 0 saturated carbocycles. The first-order valence-corrected chi connectivity index (χ1v) is 6.85. The highest BCUT2D eigenvalue weighted by Crippen LogP contribution is 2.22. The van der Waals surface area contributed by atoms with Crippen LogP contribution in [0.25, 0.3) is 0 Å². The highest BCUT2D eigenvalue weighted by atomic mass is 79.9. The van der Waals surface area contributed by atoms with E-state index in [1.165, 1.54) is 6.08 Å². The fourth-order valence-corrected chi connectivity index (χ4v) is 2.41. The van der Waals surface area contributed by atoms with Crippen molar-refractivity contribution in [1.82, 2.24) is 4.90 Å². The Morgan fingerprint density at radius 1 is 1.33 bits per heavy atom. The van der Waals surface area contributed by atoms with Gasteiger partial charge in [-0.05, 0) is 24.3 Å². The van der Waals surface area contributed by atoms with Crippen LogP contribution >= 0.6 is 15.9 Å². The van der Waals surface area contributed by atoms with Crippen molar-refractivity contribution in [2.24, 2.45) is 0 Å². The van der Waals surface area contributed by atoms with E-state index >= 15 is 0 Å². The van der Waals surface area contributed by atoms with Gasteiger partial charge in [0.05, 0.1) is 0 Å². The predicted octanol–water partition coefficient (Wildman–Crippen LogP) is 3.00. The Morgan fingerprint density at radius 2 is 2.11 bits per heavy atom. The van der Waals surface area contributed by atoms with Crippen molar-refractivity contribution in [3.63, 3.8) is 0 Å². The number of ether oxygens (including phenoxy) is 1. The molecule has 1 aliphatic heterocycles. The third kappa shape index (κ3) is 3.88. The molecule has 0 aromatic heterocycles. The Labute approximate surface area is 116 Å². The lowest BCUT2D eigenvalue weighted by Crippen LogP contribution is -2.35. The van der Waals surface area contributed by atoms with E-state index in [1.54, 1.807) is 0 Å². The summed E-state index contributed by atoms with van der Waals surface area (Å²) in [6, 6.07) is 7.92. The summed E-state index contributed by atoms with van der Waals surface area (Å²) >= 11 is 3.43. The van der Waals surface area contributed by atoms with E-state index in [1.807, 2.05) is 30.5 Å². The second-order valence-electron chi connectivity index (χ2n) is 4.29. The summed E-state index contributed by atoms with van der Waals surface area (Å²) in [5.74, 6) is 0.909. The van der Waals surface area contributed by atoms with Crippen molar-refractivity contribution in [3.8, 4) is 5.75 Å². The summed E-state index contributed by atoms with van der Waals surface area (Å²) < 4.78 is 6.97. The van der Waals surface area contributed by atoms with E-state index in [0.29, 0.717) is 0 Å². The Bertz CT molecular complexity index is 426. The fourth-order valence-electron chi connectivity index (χ4n) is 2.03. The number of likely N-dealkylation sites (tertiary alicyclic amines) is 1. The minimum absolute atomic E-state index is 0.264. The average molecular weight is 310 g/mol. The predicted molar refractivity (Wildman–Crippen MR) is 74.6 cm³/mol. The first-order chi connectivity index (χ1) is 8.78. The van der Waals surface area contributed by atoms with Gasteiger partial charge in [0.25, 0.3) is 0 Å². The summed E-state index contributed by atoms with van der Waals surface area (Å²) in [4.78, 5) is 12.4. The second kappa shape index (κ2) is 6.59. The molecule has 0 radical (unpaired) electrons. The smallest absolute Gasteiger partial charge is 0.144 e. The normalized spacial score (nSPS) is 17.1. The first kappa shape index (κ1) is 13.1. The second-order valence-corrected chi connectivity index (χ2v) is 5.20. The van der Waals surface area contributed by atoms with Crippen LogP contribution in [0.1, 0.15) is 12.8 Å². The van der Waals surface area contributed by atoms with Crippen LogP contribution in [0.3, 0.4) is 0 Å². The zero-order chi connectivity index (χ0) is 12.8. The van der Waals surface area contributed by atoms with Gasteiger partial charge in [-0.2, -0.15) is 0 Å². The maximum atomic E-state index is 10.2. The molecule has 4 heteroatoms. The Kier molecular flexibility index (Phi) is 4.81. The third-order valence-corrected chi connectivity index (χ3v) is 3.44. The number of piperidine rings is 1. The van der Waals surface area contributed by atoms with Crippen LogP contribution in [-0.4, -0.2) is 30.4 Å². The van der Waals surface area contributed by atoms with Gasteiger partial charge in [0.2, 0.25) is 0 Å². The Hall–Kier alpha value is -1.29. The average Bonchev–Trinajstić information content (AvgIpc) is 2.38. The number of benzene rings is 1. The van der Waals surface area contributed by atoms with Crippen molar-refractivity contribution in [1.29, 1.82) is 0 Å². The van der Waals surface area contributed by atoms with Crippen LogP contribution in [0.15, 0.2) is 41.0 Å².